The van der Waals surface area contributed by atoms with Crippen LogP contribution in [0.2, 0.25) is 0 Å². The highest BCUT2D eigenvalue weighted by molar-refractivity contribution is 5.99. The lowest BCUT2D eigenvalue weighted by molar-refractivity contribution is -0.0858. The average Bonchev–Trinajstić information content (AvgIpc) is 2.46. The molecule has 3 N–H and O–H groups in total. The second kappa shape index (κ2) is 6.11. The lowest BCUT2D eigenvalue weighted by atomic mass is 10.1. The Hall–Kier alpha value is -1.79. The van der Waals surface area contributed by atoms with E-state index in [0.29, 0.717) is 30.1 Å². The summed E-state index contributed by atoms with van der Waals surface area (Å²) >= 11 is 0. The molecule has 1 aromatic rings. The molecular formula is C14H20N2O4. The second-order valence-corrected chi connectivity index (χ2v) is 4.91. The van der Waals surface area contributed by atoms with E-state index in [0.717, 1.165) is 0 Å². The van der Waals surface area contributed by atoms with Gasteiger partial charge in [-0.15, -0.1) is 0 Å². The smallest absolute Gasteiger partial charge is 0.256 e. The summed E-state index contributed by atoms with van der Waals surface area (Å²) in [7, 11) is 1.54. The van der Waals surface area contributed by atoms with Crippen molar-refractivity contribution in [3.63, 3.8) is 0 Å². The molecular weight excluding hydrogens is 260 g/mol. The maximum atomic E-state index is 12.5. The number of morpholine rings is 1. The van der Waals surface area contributed by atoms with Gasteiger partial charge < -0.3 is 25.2 Å². The number of nitrogen functional groups attached to an aromatic ring is 1. The van der Waals surface area contributed by atoms with Crippen LogP contribution in [-0.2, 0) is 4.74 Å². The molecule has 2 rings (SSSR count). The van der Waals surface area contributed by atoms with Crippen LogP contribution < -0.4 is 10.5 Å². The molecule has 0 spiro atoms. The standard InChI is InChI=1S/C14H20N2O4/c1-9-6-16(7-11(8-17)20-9)14(18)12-5-10(19-2)3-4-13(12)15/h3-5,9,11,17H,6-8,15H2,1-2H3. The van der Waals surface area contributed by atoms with Gasteiger partial charge in [-0.3, -0.25) is 4.79 Å². The normalized spacial score (nSPS) is 22.6. The molecule has 1 amide bonds. The second-order valence-electron chi connectivity index (χ2n) is 4.91. The Morgan fingerprint density at radius 3 is 2.95 bits per heavy atom. The Morgan fingerprint density at radius 2 is 2.30 bits per heavy atom. The summed E-state index contributed by atoms with van der Waals surface area (Å²) in [4.78, 5) is 14.2. The van der Waals surface area contributed by atoms with Gasteiger partial charge in [0.15, 0.2) is 0 Å². The minimum absolute atomic E-state index is 0.109. The molecule has 1 saturated heterocycles. The highest BCUT2D eigenvalue weighted by Gasteiger charge is 2.29. The van der Waals surface area contributed by atoms with Crippen LogP contribution >= 0.6 is 0 Å². The Labute approximate surface area is 118 Å². The molecule has 1 aliphatic rings. The molecule has 0 bridgehead atoms. The summed E-state index contributed by atoms with van der Waals surface area (Å²) in [6.07, 6.45) is -0.466. The number of amides is 1. The number of methoxy groups -OCH3 is 1. The number of rotatable bonds is 3. The first-order chi connectivity index (χ1) is 9.55. The summed E-state index contributed by atoms with van der Waals surface area (Å²) in [6, 6.07) is 5.00. The molecule has 0 radical (unpaired) electrons. The largest absolute Gasteiger partial charge is 0.497 e. The molecule has 6 heteroatoms. The van der Waals surface area contributed by atoms with Gasteiger partial charge in [0.25, 0.3) is 5.91 Å². The van der Waals surface area contributed by atoms with Gasteiger partial charge in [-0.2, -0.15) is 0 Å². The molecule has 6 nitrogen and oxygen atoms in total. The number of aliphatic hydroxyl groups is 1. The number of aliphatic hydroxyl groups excluding tert-OH is 1. The third-order valence-corrected chi connectivity index (χ3v) is 3.31. The summed E-state index contributed by atoms with van der Waals surface area (Å²) in [5.41, 5.74) is 6.69. The molecule has 110 valence electrons. The first-order valence-corrected chi connectivity index (χ1v) is 6.54. The van der Waals surface area contributed by atoms with Gasteiger partial charge in [0.1, 0.15) is 5.75 Å². The van der Waals surface area contributed by atoms with Gasteiger partial charge in [-0.1, -0.05) is 0 Å². The van der Waals surface area contributed by atoms with E-state index in [9.17, 15) is 9.90 Å². The van der Waals surface area contributed by atoms with Crippen molar-refractivity contribution in [1.29, 1.82) is 0 Å². The molecule has 1 aliphatic heterocycles. The zero-order valence-electron chi connectivity index (χ0n) is 11.7. The van der Waals surface area contributed by atoms with Crippen molar-refractivity contribution < 1.29 is 19.4 Å². The van der Waals surface area contributed by atoms with Gasteiger partial charge in [-0.25, -0.2) is 0 Å². The Balaban J connectivity index is 2.22. The fourth-order valence-electron chi connectivity index (χ4n) is 2.33. The van der Waals surface area contributed by atoms with Crippen molar-refractivity contribution in [2.24, 2.45) is 0 Å². The predicted octanol–water partition coefficient (Wildman–Crippen LogP) is 0.499. The molecule has 2 unspecified atom stereocenters. The molecule has 1 heterocycles. The fraction of sp³-hybridized carbons (Fsp3) is 0.500. The van der Waals surface area contributed by atoms with Crippen LogP contribution in [0.15, 0.2) is 18.2 Å². The fourth-order valence-corrected chi connectivity index (χ4v) is 2.33. The van der Waals surface area contributed by atoms with E-state index < -0.39 is 0 Å². The zero-order chi connectivity index (χ0) is 14.7. The van der Waals surface area contributed by atoms with Gasteiger partial charge in [0.2, 0.25) is 0 Å². The van der Waals surface area contributed by atoms with Crippen LogP contribution in [0.3, 0.4) is 0 Å². The van der Waals surface area contributed by atoms with Crippen molar-refractivity contribution in [1.82, 2.24) is 4.90 Å². The molecule has 1 aromatic carbocycles. The number of nitrogens with two attached hydrogens (primary N) is 1. The first-order valence-electron chi connectivity index (χ1n) is 6.54. The number of carbonyl (C=O) groups excluding carboxylic acids is 1. The minimum atomic E-state index is -0.352. The first kappa shape index (κ1) is 14.6. The lowest BCUT2D eigenvalue weighted by Gasteiger charge is -2.36. The highest BCUT2D eigenvalue weighted by atomic mass is 16.5. The van der Waals surface area contributed by atoms with Crippen LogP contribution in [-0.4, -0.2) is 54.9 Å². The van der Waals surface area contributed by atoms with Crippen LogP contribution in [0, 0.1) is 0 Å². The quantitative estimate of drug-likeness (QED) is 0.788. The minimum Gasteiger partial charge on any atom is -0.497 e. The third kappa shape index (κ3) is 3.02. The maximum absolute atomic E-state index is 12.5. The SMILES string of the molecule is COc1ccc(N)c(C(=O)N2CC(C)OC(CO)C2)c1. The summed E-state index contributed by atoms with van der Waals surface area (Å²) in [5.74, 6) is 0.414. The van der Waals surface area contributed by atoms with E-state index in [1.54, 1.807) is 30.2 Å². The van der Waals surface area contributed by atoms with Crippen molar-refractivity contribution in [3.8, 4) is 5.75 Å². The van der Waals surface area contributed by atoms with Gasteiger partial charge >= 0.3 is 0 Å². The van der Waals surface area contributed by atoms with E-state index in [4.69, 9.17) is 15.2 Å². The topological polar surface area (TPSA) is 85.0 Å². The Kier molecular flexibility index (Phi) is 4.46. The van der Waals surface area contributed by atoms with Crippen LogP contribution in [0.5, 0.6) is 5.75 Å². The number of ether oxygens (including phenoxy) is 2. The number of benzene rings is 1. The summed E-state index contributed by atoms with van der Waals surface area (Å²) in [5, 5.41) is 9.21. The Bertz CT molecular complexity index is 492. The number of hydrogen-bond donors (Lipinski definition) is 2. The van der Waals surface area contributed by atoms with E-state index in [1.807, 2.05) is 6.92 Å². The van der Waals surface area contributed by atoms with Crippen molar-refractivity contribution in [2.45, 2.75) is 19.1 Å². The molecule has 20 heavy (non-hydrogen) atoms. The zero-order valence-corrected chi connectivity index (χ0v) is 11.7. The van der Waals surface area contributed by atoms with Crippen LogP contribution in [0.1, 0.15) is 17.3 Å². The van der Waals surface area contributed by atoms with E-state index >= 15 is 0 Å². The van der Waals surface area contributed by atoms with E-state index in [-0.39, 0.29) is 24.7 Å². The number of carbonyl (C=O) groups is 1. The predicted molar refractivity (Wildman–Crippen MR) is 74.7 cm³/mol. The number of anilines is 1. The van der Waals surface area contributed by atoms with Crippen molar-refractivity contribution in [2.75, 3.05) is 32.5 Å². The summed E-state index contributed by atoms with van der Waals surface area (Å²) < 4.78 is 10.6. The average molecular weight is 280 g/mol. The monoisotopic (exact) mass is 280 g/mol. The lowest BCUT2D eigenvalue weighted by Crippen LogP contribution is -2.50. The number of hydrogen-bond acceptors (Lipinski definition) is 5. The molecule has 1 fully saturated rings. The summed E-state index contributed by atoms with van der Waals surface area (Å²) in [6.45, 7) is 2.60. The van der Waals surface area contributed by atoms with Crippen LogP contribution in [0.4, 0.5) is 5.69 Å². The third-order valence-electron chi connectivity index (χ3n) is 3.31. The number of nitrogens with zero attached hydrogens (tertiary/aromatic N) is 1. The molecule has 0 saturated carbocycles. The van der Waals surface area contributed by atoms with Gasteiger partial charge in [-0.05, 0) is 25.1 Å². The van der Waals surface area contributed by atoms with E-state index in [1.165, 1.54) is 0 Å². The maximum Gasteiger partial charge on any atom is 0.256 e. The van der Waals surface area contributed by atoms with Crippen LogP contribution in [0.25, 0.3) is 0 Å². The van der Waals surface area contributed by atoms with Gasteiger partial charge in [0, 0.05) is 18.8 Å². The Morgan fingerprint density at radius 1 is 1.55 bits per heavy atom. The van der Waals surface area contributed by atoms with Crippen molar-refractivity contribution in [3.05, 3.63) is 23.8 Å². The van der Waals surface area contributed by atoms with Crippen molar-refractivity contribution >= 4 is 11.6 Å². The van der Waals surface area contributed by atoms with E-state index in [2.05, 4.69) is 0 Å². The van der Waals surface area contributed by atoms with Gasteiger partial charge in [0.05, 0.1) is 31.5 Å². The molecule has 0 aliphatic carbocycles. The molecule has 0 aromatic heterocycles. The molecule has 2 atom stereocenters. The highest BCUT2D eigenvalue weighted by Crippen LogP contribution is 2.22.